The number of aryl methyl sites for hydroxylation is 1. The molecular weight excluding hydrogens is 224 g/mol. The minimum atomic E-state index is -3.22. The number of nitrogens with zero attached hydrogens (tertiary/aromatic N) is 1. The molecule has 0 aliphatic carbocycles. The topological polar surface area (TPSA) is 59.1 Å². The molecule has 0 spiro atoms. The molecule has 84 valence electrons. The molecule has 16 heavy (non-hydrogen) atoms. The van der Waals surface area contributed by atoms with Gasteiger partial charge in [-0.25, -0.2) is 8.42 Å². The molecule has 0 saturated carbocycles. The second kappa shape index (κ2) is 3.75. The van der Waals surface area contributed by atoms with Crippen LogP contribution in [0, 0.1) is 6.92 Å². The highest BCUT2D eigenvalue weighted by molar-refractivity contribution is 7.92. The molecule has 0 atom stereocenters. The van der Waals surface area contributed by atoms with Gasteiger partial charge in [-0.15, -0.1) is 0 Å². The molecule has 1 N–H and O–H groups in total. The van der Waals surface area contributed by atoms with E-state index in [0.717, 1.165) is 22.9 Å². The van der Waals surface area contributed by atoms with E-state index in [1.54, 1.807) is 18.2 Å². The van der Waals surface area contributed by atoms with Crippen molar-refractivity contribution in [1.82, 2.24) is 4.98 Å². The van der Waals surface area contributed by atoms with Crippen LogP contribution in [0.2, 0.25) is 0 Å². The van der Waals surface area contributed by atoms with Crippen LogP contribution in [-0.4, -0.2) is 19.7 Å². The fourth-order valence-electron chi connectivity index (χ4n) is 1.51. The van der Waals surface area contributed by atoms with Gasteiger partial charge in [-0.05, 0) is 31.2 Å². The van der Waals surface area contributed by atoms with Crippen molar-refractivity contribution in [3.05, 3.63) is 36.0 Å². The Kier molecular flexibility index (Phi) is 2.55. The molecule has 5 heteroatoms. The Morgan fingerprint density at radius 2 is 1.94 bits per heavy atom. The number of rotatable bonds is 2. The van der Waals surface area contributed by atoms with Crippen LogP contribution >= 0.6 is 0 Å². The van der Waals surface area contributed by atoms with Crippen LogP contribution in [0.3, 0.4) is 0 Å². The molecule has 4 nitrogen and oxygen atoms in total. The van der Waals surface area contributed by atoms with Gasteiger partial charge in [-0.3, -0.25) is 9.71 Å². The molecule has 0 saturated heterocycles. The van der Waals surface area contributed by atoms with E-state index < -0.39 is 10.0 Å². The van der Waals surface area contributed by atoms with E-state index in [2.05, 4.69) is 9.71 Å². The monoisotopic (exact) mass is 236 g/mol. The largest absolute Gasteiger partial charge is 0.284 e. The third-order valence-electron chi connectivity index (χ3n) is 2.13. The molecule has 0 bridgehead atoms. The van der Waals surface area contributed by atoms with Gasteiger partial charge in [0.1, 0.15) is 0 Å². The molecule has 2 aromatic rings. The number of hydrogen-bond donors (Lipinski definition) is 1. The highest BCUT2D eigenvalue weighted by Crippen LogP contribution is 2.18. The van der Waals surface area contributed by atoms with Gasteiger partial charge < -0.3 is 0 Å². The second-order valence-electron chi connectivity index (χ2n) is 3.73. The van der Waals surface area contributed by atoms with Gasteiger partial charge in [-0.2, -0.15) is 0 Å². The quantitative estimate of drug-likeness (QED) is 0.866. The van der Waals surface area contributed by atoms with E-state index >= 15 is 0 Å². The summed E-state index contributed by atoms with van der Waals surface area (Å²) in [6.45, 7) is 1.92. The third kappa shape index (κ3) is 2.49. The lowest BCUT2D eigenvalue weighted by molar-refractivity contribution is 0.607. The fraction of sp³-hybridized carbons (Fsp3) is 0.182. The number of benzene rings is 1. The molecule has 0 radical (unpaired) electrons. The predicted octanol–water partition coefficient (Wildman–Crippen LogP) is 1.91. The molecule has 1 aromatic heterocycles. The van der Waals surface area contributed by atoms with E-state index in [-0.39, 0.29) is 0 Å². The minimum Gasteiger partial charge on any atom is -0.284 e. The number of sulfonamides is 1. The SMILES string of the molecule is Cc1ccc2cc(NS(C)(=O)=O)ccc2n1. The van der Waals surface area contributed by atoms with Crippen LogP contribution in [0.25, 0.3) is 10.9 Å². The molecule has 1 aromatic carbocycles. The lowest BCUT2D eigenvalue weighted by Crippen LogP contribution is -2.09. The van der Waals surface area contributed by atoms with Gasteiger partial charge in [0, 0.05) is 16.8 Å². The zero-order valence-corrected chi connectivity index (χ0v) is 9.88. The first-order valence-electron chi connectivity index (χ1n) is 4.79. The van der Waals surface area contributed by atoms with E-state index in [1.165, 1.54) is 0 Å². The molecule has 0 unspecified atom stereocenters. The Morgan fingerprint density at radius 1 is 1.19 bits per heavy atom. The zero-order valence-electron chi connectivity index (χ0n) is 9.06. The summed E-state index contributed by atoms with van der Waals surface area (Å²) in [6.07, 6.45) is 1.13. The van der Waals surface area contributed by atoms with E-state index in [0.29, 0.717) is 5.69 Å². The van der Waals surface area contributed by atoms with Crippen molar-refractivity contribution in [2.24, 2.45) is 0 Å². The number of hydrogen-bond acceptors (Lipinski definition) is 3. The van der Waals surface area contributed by atoms with Crippen molar-refractivity contribution < 1.29 is 8.42 Å². The number of nitrogens with one attached hydrogen (secondary N) is 1. The maximum absolute atomic E-state index is 11.1. The summed E-state index contributed by atoms with van der Waals surface area (Å²) in [6, 6.07) is 9.09. The van der Waals surface area contributed by atoms with Gasteiger partial charge in [0.05, 0.1) is 11.8 Å². The van der Waals surface area contributed by atoms with Gasteiger partial charge >= 0.3 is 0 Å². The Bertz CT molecular complexity index is 635. The number of aromatic nitrogens is 1. The third-order valence-corrected chi connectivity index (χ3v) is 2.74. The summed E-state index contributed by atoms with van der Waals surface area (Å²) in [5.41, 5.74) is 2.36. The number of anilines is 1. The van der Waals surface area contributed by atoms with Gasteiger partial charge in [0.2, 0.25) is 10.0 Å². The van der Waals surface area contributed by atoms with Crippen LogP contribution in [0.5, 0.6) is 0 Å². The number of fused-ring (bicyclic) bond motifs is 1. The Balaban J connectivity index is 2.49. The van der Waals surface area contributed by atoms with Crippen molar-refractivity contribution in [3.8, 4) is 0 Å². The van der Waals surface area contributed by atoms with Crippen molar-refractivity contribution >= 4 is 26.6 Å². The predicted molar refractivity (Wildman–Crippen MR) is 64.9 cm³/mol. The van der Waals surface area contributed by atoms with Crippen LogP contribution in [0.1, 0.15) is 5.69 Å². The van der Waals surface area contributed by atoms with Crippen LogP contribution < -0.4 is 4.72 Å². The van der Waals surface area contributed by atoms with Crippen molar-refractivity contribution in [2.75, 3.05) is 11.0 Å². The molecule has 0 aliphatic rings. The highest BCUT2D eigenvalue weighted by atomic mass is 32.2. The standard InChI is InChI=1S/C11H12N2O2S/c1-8-3-4-9-7-10(13-16(2,14)15)5-6-11(9)12-8/h3-7,13H,1-2H3. The Morgan fingerprint density at radius 3 is 2.62 bits per heavy atom. The fourth-order valence-corrected chi connectivity index (χ4v) is 2.06. The van der Waals surface area contributed by atoms with Gasteiger partial charge in [0.15, 0.2) is 0 Å². The average Bonchev–Trinajstić information content (AvgIpc) is 2.16. The maximum Gasteiger partial charge on any atom is 0.229 e. The Labute approximate surface area is 94.4 Å². The van der Waals surface area contributed by atoms with Gasteiger partial charge in [-0.1, -0.05) is 6.07 Å². The molecule has 1 heterocycles. The van der Waals surface area contributed by atoms with Crippen LogP contribution in [-0.2, 0) is 10.0 Å². The van der Waals surface area contributed by atoms with E-state index in [1.807, 2.05) is 19.1 Å². The van der Waals surface area contributed by atoms with Crippen molar-refractivity contribution in [1.29, 1.82) is 0 Å². The van der Waals surface area contributed by atoms with Crippen molar-refractivity contribution in [2.45, 2.75) is 6.92 Å². The first-order chi connectivity index (χ1) is 7.44. The zero-order chi connectivity index (χ0) is 11.8. The van der Waals surface area contributed by atoms with Crippen LogP contribution in [0.15, 0.2) is 30.3 Å². The summed E-state index contributed by atoms with van der Waals surface area (Å²) in [5, 5.41) is 0.916. The maximum atomic E-state index is 11.1. The molecule has 0 amide bonds. The van der Waals surface area contributed by atoms with Crippen molar-refractivity contribution in [3.63, 3.8) is 0 Å². The van der Waals surface area contributed by atoms with E-state index in [9.17, 15) is 8.42 Å². The molecule has 0 fully saturated rings. The Hall–Kier alpha value is -1.62. The second-order valence-corrected chi connectivity index (χ2v) is 5.48. The lowest BCUT2D eigenvalue weighted by atomic mass is 10.2. The van der Waals surface area contributed by atoms with Gasteiger partial charge in [0.25, 0.3) is 0 Å². The first kappa shape index (κ1) is 10.9. The molecule has 0 aliphatic heterocycles. The smallest absolute Gasteiger partial charge is 0.229 e. The summed E-state index contributed by atoms with van der Waals surface area (Å²) >= 11 is 0. The van der Waals surface area contributed by atoms with E-state index in [4.69, 9.17) is 0 Å². The summed E-state index contributed by atoms with van der Waals surface area (Å²) in [5.74, 6) is 0. The summed E-state index contributed by atoms with van der Waals surface area (Å²) < 4.78 is 24.6. The minimum absolute atomic E-state index is 0.556. The number of pyridine rings is 1. The molecular formula is C11H12N2O2S. The van der Waals surface area contributed by atoms with Crippen LogP contribution in [0.4, 0.5) is 5.69 Å². The first-order valence-corrected chi connectivity index (χ1v) is 6.68. The molecule has 2 rings (SSSR count). The average molecular weight is 236 g/mol. The normalized spacial score (nSPS) is 11.6. The highest BCUT2D eigenvalue weighted by Gasteiger charge is 2.03. The summed E-state index contributed by atoms with van der Waals surface area (Å²) in [4.78, 5) is 4.34. The lowest BCUT2D eigenvalue weighted by Gasteiger charge is -2.05. The summed E-state index contributed by atoms with van der Waals surface area (Å²) in [7, 11) is -3.22.